The van der Waals surface area contributed by atoms with E-state index in [1.165, 1.54) is 24.1 Å². The van der Waals surface area contributed by atoms with E-state index in [1.807, 2.05) is 30.3 Å². The van der Waals surface area contributed by atoms with Crippen LogP contribution in [0.1, 0.15) is 43.2 Å². The number of non-ortho nitro benzene ring substituents is 1. The summed E-state index contributed by atoms with van der Waals surface area (Å²) in [6, 6.07) is 18.6. The number of hydrogen-bond donors (Lipinski definition) is 1. The van der Waals surface area contributed by atoms with Crippen molar-refractivity contribution in [1.82, 2.24) is 10.2 Å². The van der Waals surface area contributed by atoms with Gasteiger partial charge in [-0.2, -0.15) is 0 Å². The van der Waals surface area contributed by atoms with E-state index in [4.69, 9.17) is 16.3 Å². The summed E-state index contributed by atoms with van der Waals surface area (Å²) in [5, 5.41) is 15.2. The van der Waals surface area contributed by atoms with Crippen LogP contribution in [0.2, 0.25) is 5.02 Å². The van der Waals surface area contributed by atoms with Gasteiger partial charge in [-0.1, -0.05) is 73.3 Å². The second-order valence-corrected chi connectivity index (χ2v) is 13.4. The van der Waals surface area contributed by atoms with Crippen molar-refractivity contribution in [3.63, 3.8) is 0 Å². The molecule has 11 nitrogen and oxygen atoms in total. The number of halogens is 1. The Hall–Kier alpha value is -4.16. The summed E-state index contributed by atoms with van der Waals surface area (Å²) in [5.74, 6) is -0.991. The molecule has 3 aromatic carbocycles. The molecular weight excluding hydrogens is 620 g/mol. The van der Waals surface area contributed by atoms with Gasteiger partial charge in [0.1, 0.15) is 24.0 Å². The topological polar surface area (TPSA) is 139 Å². The molecule has 0 spiro atoms. The number of anilines is 1. The molecular formula is C32H37ClN4O7S. The molecule has 0 bridgehead atoms. The molecule has 0 heterocycles. The fourth-order valence-electron chi connectivity index (χ4n) is 5.47. The zero-order chi connectivity index (χ0) is 32.6. The normalized spacial score (nSPS) is 14.3. The highest BCUT2D eigenvalue weighted by atomic mass is 35.5. The van der Waals surface area contributed by atoms with Gasteiger partial charge in [-0.15, -0.1) is 0 Å². The maximum absolute atomic E-state index is 14.3. The number of nitro benzene ring substituents is 1. The predicted octanol–water partition coefficient (Wildman–Crippen LogP) is 5.11. The number of carbonyl (C=O) groups excluding carboxylic acids is 2. The Balaban J connectivity index is 1.77. The number of ether oxygens (including phenoxy) is 1. The van der Waals surface area contributed by atoms with Crippen LogP contribution in [0.5, 0.6) is 5.75 Å². The first-order chi connectivity index (χ1) is 21.5. The monoisotopic (exact) mass is 656 g/mol. The lowest BCUT2D eigenvalue weighted by Gasteiger charge is -2.35. The number of benzene rings is 3. The van der Waals surface area contributed by atoms with Crippen molar-refractivity contribution >= 4 is 44.8 Å². The Kier molecular flexibility index (Phi) is 11.4. The third kappa shape index (κ3) is 9.18. The summed E-state index contributed by atoms with van der Waals surface area (Å²) < 4.78 is 32.4. The molecule has 3 aromatic rings. The highest BCUT2D eigenvalue weighted by molar-refractivity contribution is 7.92. The van der Waals surface area contributed by atoms with Crippen LogP contribution < -0.4 is 14.4 Å². The predicted molar refractivity (Wildman–Crippen MR) is 173 cm³/mol. The molecule has 1 N–H and O–H groups in total. The summed E-state index contributed by atoms with van der Waals surface area (Å²) in [6.45, 7) is -0.749. The Morgan fingerprint density at radius 1 is 1.02 bits per heavy atom. The molecule has 1 aliphatic carbocycles. The molecule has 4 rings (SSSR count). The molecule has 1 atom stereocenters. The summed E-state index contributed by atoms with van der Waals surface area (Å²) in [6.07, 6.45) is 5.85. The van der Waals surface area contributed by atoms with Crippen LogP contribution in [0.15, 0.2) is 72.8 Å². The molecule has 13 heteroatoms. The third-order valence-electron chi connectivity index (χ3n) is 7.81. The van der Waals surface area contributed by atoms with Crippen LogP contribution in [0.4, 0.5) is 11.4 Å². The first-order valence-corrected chi connectivity index (χ1v) is 16.9. The molecule has 1 saturated carbocycles. The Labute approximate surface area is 268 Å². The fourth-order valence-corrected chi connectivity index (χ4v) is 6.44. The van der Waals surface area contributed by atoms with Gasteiger partial charge in [0.25, 0.3) is 5.69 Å². The molecule has 2 amide bonds. The third-order valence-corrected chi connectivity index (χ3v) is 9.19. The van der Waals surface area contributed by atoms with Gasteiger partial charge in [0.15, 0.2) is 0 Å². The van der Waals surface area contributed by atoms with Crippen LogP contribution in [0, 0.1) is 10.1 Å². The number of nitrogens with zero attached hydrogens (tertiary/aromatic N) is 3. The van der Waals surface area contributed by atoms with Crippen molar-refractivity contribution in [3.05, 3.63) is 99.1 Å². The van der Waals surface area contributed by atoms with Gasteiger partial charge in [-0.3, -0.25) is 24.0 Å². The Bertz CT molecular complexity index is 1600. The van der Waals surface area contributed by atoms with Crippen molar-refractivity contribution in [3.8, 4) is 5.75 Å². The minimum Gasteiger partial charge on any atom is -0.495 e. The quantitative estimate of drug-likeness (QED) is 0.199. The second kappa shape index (κ2) is 15.2. The van der Waals surface area contributed by atoms with Crippen LogP contribution in [-0.2, 0) is 32.6 Å². The Morgan fingerprint density at radius 2 is 1.69 bits per heavy atom. The van der Waals surface area contributed by atoms with E-state index in [-0.39, 0.29) is 42.0 Å². The SMILES string of the molecule is COc1ccc([N+](=O)[O-])cc1N(CC(=O)N(Cc1ccc(Cl)cc1)C(Cc1ccccc1)C(=O)NC1CCCCC1)S(C)(=O)=O. The zero-order valence-electron chi connectivity index (χ0n) is 25.2. The molecule has 1 unspecified atom stereocenters. The lowest BCUT2D eigenvalue weighted by Crippen LogP contribution is -2.55. The van der Waals surface area contributed by atoms with E-state index in [2.05, 4.69) is 5.32 Å². The summed E-state index contributed by atoms with van der Waals surface area (Å²) in [7, 11) is -2.87. The van der Waals surface area contributed by atoms with E-state index in [9.17, 15) is 28.1 Å². The van der Waals surface area contributed by atoms with Gasteiger partial charge in [-0.05, 0) is 42.2 Å². The summed E-state index contributed by atoms with van der Waals surface area (Å²) >= 11 is 6.11. The number of rotatable bonds is 13. The van der Waals surface area contributed by atoms with Crippen molar-refractivity contribution in [2.24, 2.45) is 0 Å². The molecule has 0 aliphatic heterocycles. The largest absolute Gasteiger partial charge is 0.495 e. The molecule has 1 fully saturated rings. The van der Waals surface area contributed by atoms with Gasteiger partial charge in [0, 0.05) is 36.2 Å². The first-order valence-electron chi connectivity index (χ1n) is 14.6. The standard InChI is InChI=1S/C32H37ClN4O7S/c1-44-30-18-17-27(37(40)41)20-28(30)36(45(2,42)43)22-31(38)35(21-24-13-15-25(33)16-14-24)29(19-23-9-5-3-6-10-23)32(39)34-26-11-7-4-8-12-26/h3,5-6,9-10,13-18,20,26,29H,4,7-8,11-12,19,21-22H2,1-2H3,(H,34,39). The molecule has 45 heavy (non-hydrogen) atoms. The van der Waals surface area contributed by atoms with Crippen molar-refractivity contribution in [2.45, 2.75) is 57.2 Å². The number of carbonyl (C=O) groups is 2. The maximum Gasteiger partial charge on any atom is 0.271 e. The minimum absolute atomic E-state index is 0.0186. The molecule has 240 valence electrons. The molecule has 0 saturated heterocycles. The van der Waals surface area contributed by atoms with Gasteiger partial charge >= 0.3 is 0 Å². The van der Waals surface area contributed by atoms with Gasteiger partial charge in [0.05, 0.1) is 18.3 Å². The average molecular weight is 657 g/mol. The van der Waals surface area contributed by atoms with E-state index in [0.29, 0.717) is 10.6 Å². The van der Waals surface area contributed by atoms with Crippen molar-refractivity contribution < 1.29 is 27.7 Å². The highest BCUT2D eigenvalue weighted by Crippen LogP contribution is 2.34. The van der Waals surface area contributed by atoms with Crippen LogP contribution in [-0.4, -0.2) is 62.0 Å². The first kappa shape index (κ1) is 33.7. The van der Waals surface area contributed by atoms with Crippen LogP contribution in [0.3, 0.4) is 0 Å². The smallest absolute Gasteiger partial charge is 0.271 e. The van der Waals surface area contributed by atoms with E-state index < -0.39 is 33.4 Å². The van der Waals surface area contributed by atoms with E-state index in [0.717, 1.165) is 54.3 Å². The van der Waals surface area contributed by atoms with Gasteiger partial charge < -0.3 is 15.0 Å². The van der Waals surface area contributed by atoms with Crippen LogP contribution >= 0.6 is 11.6 Å². The summed E-state index contributed by atoms with van der Waals surface area (Å²) in [5.41, 5.74) is 0.949. The summed E-state index contributed by atoms with van der Waals surface area (Å²) in [4.78, 5) is 40.6. The highest BCUT2D eigenvalue weighted by Gasteiger charge is 2.35. The zero-order valence-corrected chi connectivity index (χ0v) is 26.8. The minimum atomic E-state index is -4.16. The number of sulfonamides is 1. The number of nitrogens with one attached hydrogen (secondary N) is 1. The second-order valence-electron chi connectivity index (χ2n) is 11.1. The molecule has 1 aliphatic rings. The van der Waals surface area contributed by atoms with Crippen molar-refractivity contribution in [2.75, 3.05) is 24.2 Å². The van der Waals surface area contributed by atoms with Crippen molar-refractivity contribution in [1.29, 1.82) is 0 Å². The lowest BCUT2D eigenvalue weighted by atomic mass is 9.94. The molecule has 0 aromatic heterocycles. The number of hydrogen-bond acceptors (Lipinski definition) is 7. The maximum atomic E-state index is 14.3. The number of amides is 2. The molecule has 0 radical (unpaired) electrons. The fraction of sp³-hybridized carbons (Fsp3) is 0.375. The van der Waals surface area contributed by atoms with Crippen LogP contribution in [0.25, 0.3) is 0 Å². The van der Waals surface area contributed by atoms with E-state index >= 15 is 0 Å². The number of nitro groups is 1. The average Bonchev–Trinajstić information content (AvgIpc) is 3.02. The number of methoxy groups -OCH3 is 1. The van der Waals surface area contributed by atoms with Gasteiger partial charge in [-0.25, -0.2) is 8.42 Å². The Morgan fingerprint density at radius 3 is 2.29 bits per heavy atom. The van der Waals surface area contributed by atoms with Gasteiger partial charge in [0.2, 0.25) is 21.8 Å². The lowest BCUT2D eigenvalue weighted by molar-refractivity contribution is -0.384. The van der Waals surface area contributed by atoms with E-state index in [1.54, 1.807) is 24.3 Å².